The Morgan fingerprint density at radius 2 is 1.75 bits per heavy atom. The molecule has 0 aromatic carbocycles. The van der Waals surface area contributed by atoms with Crippen molar-refractivity contribution in [2.45, 2.75) is 64.9 Å². The minimum absolute atomic E-state index is 0.0610. The molecule has 1 atom stereocenters. The average Bonchev–Trinajstić information content (AvgIpc) is 2.61. The SMILES string of the molecule is CC1(C)CCC(C2(CN)CCC(O)CC2)C1. The Labute approximate surface area is 99.6 Å². The second-order valence-electron chi connectivity index (χ2n) is 6.90. The van der Waals surface area contributed by atoms with Crippen LogP contribution in [0.25, 0.3) is 0 Å². The Kier molecular flexibility index (Phi) is 3.33. The predicted octanol–water partition coefficient (Wildman–Crippen LogP) is 2.69. The molecule has 0 saturated heterocycles. The third-order valence-corrected chi connectivity index (χ3v) is 5.19. The third-order valence-electron chi connectivity index (χ3n) is 5.19. The van der Waals surface area contributed by atoms with Gasteiger partial charge in [0.1, 0.15) is 0 Å². The maximum absolute atomic E-state index is 9.64. The van der Waals surface area contributed by atoms with Gasteiger partial charge in [-0.1, -0.05) is 13.8 Å². The summed E-state index contributed by atoms with van der Waals surface area (Å²) >= 11 is 0. The molecule has 94 valence electrons. The molecule has 2 aliphatic rings. The van der Waals surface area contributed by atoms with Gasteiger partial charge in [0.15, 0.2) is 0 Å². The summed E-state index contributed by atoms with van der Waals surface area (Å²) in [5, 5.41) is 9.64. The topological polar surface area (TPSA) is 46.2 Å². The first-order valence-electron chi connectivity index (χ1n) is 6.86. The molecule has 1 unspecified atom stereocenters. The molecule has 2 nitrogen and oxygen atoms in total. The van der Waals surface area contributed by atoms with Gasteiger partial charge >= 0.3 is 0 Å². The maximum atomic E-state index is 9.64. The Bertz CT molecular complexity index is 241. The lowest BCUT2D eigenvalue weighted by Gasteiger charge is -2.43. The van der Waals surface area contributed by atoms with Crippen molar-refractivity contribution in [3.63, 3.8) is 0 Å². The molecule has 2 heteroatoms. The van der Waals surface area contributed by atoms with Crippen LogP contribution in [0.3, 0.4) is 0 Å². The van der Waals surface area contributed by atoms with Gasteiger partial charge in [0.25, 0.3) is 0 Å². The minimum atomic E-state index is -0.0610. The van der Waals surface area contributed by atoms with Crippen LogP contribution in [0.15, 0.2) is 0 Å². The lowest BCUT2D eigenvalue weighted by molar-refractivity contribution is 0.0287. The predicted molar refractivity (Wildman–Crippen MR) is 67.1 cm³/mol. The van der Waals surface area contributed by atoms with E-state index in [2.05, 4.69) is 13.8 Å². The van der Waals surface area contributed by atoms with Crippen molar-refractivity contribution in [1.29, 1.82) is 0 Å². The molecule has 2 rings (SSSR count). The zero-order valence-electron chi connectivity index (χ0n) is 10.8. The molecular formula is C14H27NO. The van der Waals surface area contributed by atoms with Gasteiger partial charge in [-0.05, 0) is 68.2 Å². The standard InChI is InChI=1S/C14H27NO/c1-13(2)6-3-11(9-13)14(10-15)7-4-12(16)5-8-14/h11-12,16H,3-10,15H2,1-2H3. The summed E-state index contributed by atoms with van der Waals surface area (Å²) in [7, 11) is 0. The fourth-order valence-corrected chi connectivity index (χ4v) is 3.92. The molecule has 2 fully saturated rings. The number of aliphatic hydroxyl groups excluding tert-OH is 1. The molecule has 2 saturated carbocycles. The zero-order valence-corrected chi connectivity index (χ0v) is 10.8. The Morgan fingerprint density at radius 1 is 1.12 bits per heavy atom. The molecule has 2 aliphatic carbocycles. The van der Waals surface area contributed by atoms with Crippen LogP contribution in [-0.2, 0) is 0 Å². The highest BCUT2D eigenvalue weighted by Gasteiger charge is 2.45. The van der Waals surface area contributed by atoms with Crippen LogP contribution in [0.2, 0.25) is 0 Å². The number of rotatable bonds is 2. The average molecular weight is 225 g/mol. The summed E-state index contributed by atoms with van der Waals surface area (Å²) in [5.41, 5.74) is 6.94. The van der Waals surface area contributed by atoms with E-state index in [1.807, 2.05) is 0 Å². The molecule has 0 aromatic heterocycles. The molecular weight excluding hydrogens is 198 g/mol. The first-order chi connectivity index (χ1) is 7.47. The van der Waals surface area contributed by atoms with E-state index in [-0.39, 0.29) is 6.10 Å². The van der Waals surface area contributed by atoms with Gasteiger partial charge < -0.3 is 10.8 Å². The highest BCUT2D eigenvalue weighted by atomic mass is 16.3. The highest BCUT2D eigenvalue weighted by Crippen LogP contribution is 2.53. The number of nitrogens with two attached hydrogens (primary N) is 1. The lowest BCUT2D eigenvalue weighted by atomic mass is 9.64. The summed E-state index contributed by atoms with van der Waals surface area (Å²) in [6.45, 7) is 5.59. The van der Waals surface area contributed by atoms with Crippen LogP contribution in [-0.4, -0.2) is 17.8 Å². The van der Waals surface area contributed by atoms with Crippen LogP contribution in [0.1, 0.15) is 58.8 Å². The van der Waals surface area contributed by atoms with Crippen molar-refractivity contribution < 1.29 is 5.11 Å². The van der Waals surface area contributed by atoms with Crippen molar-refractivity contribution in [1.82, 2.24) is 0 Å². The van der Waals surface area contributed by atoms with Crippen molar-refractivity contribution in [2.24, 2.45) is 22.5 Å². The van der Waals surface area contributed by atoms with Gasteiger partial charge in [0.2, 0.25) is 0 Å². The van der Waals surface area contributed by atoms with E-state index in [0.29, 0.717) is 10.8 Å². The van der Waals surface area contributed by atoms with Gasteiger partial charge in [0, 0.05) is 0 Å². The number of hydrogen-bond donors (Lipinski definition) is 2. The van der Waals surface area contributed by atoms with Gasteiger partial charge in [0.05, 0.1) is 6.10 Å². The quantitative estimate of drug-likeness (QED) is 0.759. The Balaban J connectivity index is 2.05. The Morgan fingerprint density at radius 3 is 2.19 bits per heavy atom. The summed E-state index contributed by atoms with van der Waals surface area (Å²) in [5.74, 6) is 0.806. The van der Waals surface area contributed by atoms with Crippen molar-refractivity contribution in [3.8, 4) is 0 Å². The van der Waals surface area contributed by atoms with Gasteiger partial charge in [-0.3, -0.25) is 0 Å². The normalized spacial score (nSPS) is 43.5. The molecule has 3 N–H and O–H groups in total. The second-order valence-corrected chi connectivity index (χ2v) is 6.90. The summed E-state index contributed by atoms with van der Waals surface area (Å²) in [6.07, 6.45) is 8.19. The first kappa shape index (κ1) is 12.4. The fourth-order valence-electron chi connectivity index (χ4n) is 3.92. The van der Waals surface area contributed by atoms with Crippen LogP contribution < -0.4 is 5.73 Å². The van der Waals surface area contributed by atoms with Crippen molar-refractivity contribution >= 4 is 0 Å². The second kappa shape index (κ2) is 4.30. The van der Waals surface area contributed by atoms with Crippen LogP contribution in [0.4, 0.5) is 0 Å². The van der Waals surface area contributed by atoms with Crippen LogP contribution in [0.5, 0.6) is 0 Å². The molecule has 0 heterocycles. The van der Waals surface area contributed by atoms with E-state index in [1.165, 1.54) is 19.3 Å². The van der Waals surface area contributed by atoms with Gasteiger partial charge in [-0.2, -0.15) is 0 Å². The van der Waals surface area contributed by atoms with E-state index in [9.17, 15) is 5.11 Å². The molecule has 0 aliphatic heterocycles. The lowest BCUT2D eigenvalue weighted by Crippen LogP contribution is -2.41. The highest BCUT2D eigenvalue weighted by molar-refractivity contribution is 4.97. The molecule has 0 amide bonds. The van der Waals surface area contributed by atoms with E-state index >= 15 is 0 Å². The summed E-state index contributed by atoms with van der Waals surface area (Å²) < 4.78 is 0. The summed E-state index contributed by atoms with van der Waals surface area (Å²) in [6, 6.07) is 0. The molecule has 0 aromatic rings. The third kappa shape index (κ3) is 2.28. The van der Waals surface area contributed by atoms with Crippen molar-refractivity contribution in [3.05, 3.63) is 0 Å². The minimum Gasteiger partial charge on any atom is -0.393 e. The fraction of sp³-hybridized carbons (Fsp3) is 1.00. The molecule has 0 spiro atoms. The Hall–Kier alpha value is -0.0800. The van der Waals surface area contributed by atoms with Crippen LogP contribution >= 0.6 is 0 Å². The zero-order chi connectivity index (χ0) is 11.8. The molecule has 16 heavy (non-hydrogen) atoms. The number of aliphatic hydroxyl groups is 1. The smallest absolute Gasteiger partial charge is 0.0540 e. The van der Waals surface area contributed by atoms with E-state index in [1.54, 1.807) is 0 Å². The largest absolute Gasteiger partial charge is 0.393 e. The maximum Gasteiger partial charge on any atom is 0.0540 e. The van der Waals surface area contributed by atoms with Crippen LogP contribution in [0, 0.1) is 16.7 Å². The van der Waals surface area contributed by atoms with E-state index in [4.69, 9.17) is 5.73 Å². The van der Waals surface area contributed by atoms with E-state index in [0.717, 1.165) is 38.1 Å². The summed E-state index contributed by atoms with van der Waals surface area (Å²) in [4.78, 5) is 0. The monoisotopic (exact) mass is 225 g/mol. The first-order valence-corrected chi connectivity index (χ1v) is 6.86. The molecule has 0 radical (unpaired) electrons. The van der Waals surface area contributed by atoms with Gasteiger partial charge in [-0.15, -0.1) is 0 Å². The van der Waals surface area contributed by atoms with Gasteiger partial charge in [-0.25, -0.2) is 0 Å². The molecule has 0 bridgehead atoms. The van der Waals surface area contributed by atoms with Crippen molar-refractivity contribution in [2.75, 3.05) is 6.54 Å². The number of hydrogen-bond acceptors (Lipinski definition) is 2. The van der Waals surface area contributed by atoms with E-state index < -0.39 is 0 Å².